The summed E-state index contributed by atoms with van der Waals surface area (Å²) in [6.07, 6.45) is 3.97. The number of rotatable bonds is 5. The lowest BCUT2D eigenvalue weighted by Crippen LogP contribution is -2.36. The fourth-order valence-electron chi connectivity index (χ4n) is 3.90. The molecule has 2 N–H and O–H groups in total. The Morgan fingerprint density at radius 3 is 2.79 bits per heavy atom. The van der Waals surface area contributed by atoms with Crippen molar-refractivity contribution in [3.8, 4) is 22.0 Å². The lowest BCUT2D eigenvalue weighted by molar-refractivity contribution is -0.143. The minimum atomic E-state index is -1.49. The summed E-state index contributed by atoms with van der Waals surface area (Å²) in [5.41, 5.74) is 2.32. The third-order valence-electron chi connectivity index (χ3n) is 5.77. The number of thiazole rings is 1. The molecule has 1 aliphatic rings. The zero-order chi connectivity index (χ0) is 23.2. The van der Waals surface area contributed by atoms with E-state index in [9.17, 15) is 9.90 Å². The molecule has 1 aromatic carbocycles. The Bertz CT molecular complexity index is 1350. The van der Waals surface area contributed by atoms with Crippen LogP contribution in [0.1, 0.15) is 17.5 Å². The van der Waals surface area contributed by atoms with E-state index in [2.05, 4.69) is 20.4 Å². The molecule has 4 heterocycles. The van der Waals surface area contributed by atoms with E-state index in [-0.39, 0.29) is 5.91 Å². The standard InChI is InChI=1S/C23H23N7O2S/c1-14-12-24-22(26-18-7-9-30(3)28-18)27-19(14)17-13-33-20(25-17)15-5-4-6-16(11-15)23(32)8-10-29(2)21(23)31/h4-7,9,11-13,32H,8,10H2,1-3H3,(H,24,26,27,28)/t23-/m1/s1. The van der Waals surface area contributed by atoms with Gasteiger partial charge in [-0.05, 0) is 24.1 Å². The number of carbonyl (C=O) groups is 1. The Morgan fingerprint density at radius 1 is 1.21 bits per heavy atom. The zero-order valence-corrected chi connectivity index (χ0v) is 19.3. The topological polar surface area (TPSA) is 109 Å². The third kappa shape index (κ3) is 3.87. The molecule has 9 nitrogen and oxygen atoms in total. The van der Waals surface area contributed by atoms with Gasteiger partial charge < -0.3 is 15.3 Å². The van der Waals surface area contributed by atoms with Gasteiger partial charge in [0, 0.05) is 56.5 Å². The molecule has 0 unspecified atom stereocenters. The van der Waals surface area contributed by atoms with E-state index in [1.165, 1.54) is 11.3 Å². The van der Waals surface area contributed by atoms with Crippen LogP contribution in [0.2, 0.25) is 0 Å². The van der Waals surface area contributed by atoms with Crippen LogP contribution in [0, 0.1) is 6.92 Å². The second-order valence-electron chi connectivity index (χ2n) is 8.18. The summed E-state index contributed by atoms with van der Waals surface area (Å²) in [6, 6.07) is 9.26. The van der Waals surface area contributed by atoms with Crippen LogP contribution in [0.4, 0.5) is 11.8 Å². The van der Waals surface area contributed by atoms with Crippen molar-refractivity contribution in [3.63, 3.8) is 0 Å². The summed E-state index contributed by atoms with van der Waals surface area (Å²) < 4.78 is 1.70. The molecule has 168 valence electrons. The Kier molecular flexibility index (Phi) is 5.18. The average Bonchev–Trinajstić information content (AvgIpc) is 3.53. The summed E-state index contributed by atoms with van der Waals surface area (Å²) in [5.74, 6) is 0.828. The van der Waals surface area contributed by atoms with Gasteiger partial charge in [-0.25, -0.2) is 15.0 Å². The Labute approximate surface area is 194 Å². The van der Waals surface area contributed by atoms with Crippen LogP contribution in [-0.4, -0.2) is 54.2 Å². The van der Waals surface area contributed by atoms with Gasteiger partial charge in [0.15, 0.2) is 11.4 Å². The Morgan fingerprint density at radius 2 is 2.06 bits per heavy atom. The zero-order valence-electron chi connectivity index (χ0n) is 18.5. The number of aromatic nitrogens is 5. The molecule has 1 saturated heterocycles. The molecule has 5 rings (SSSR count). The van der Waals surface area contributed by atoms with Crippen LogP contribution in [0.15, 0.2) is 48.1 Å². The summed E-state index contributed by atoms with van der Waals surface area (Å²) >= 11 is 1.49. The lowest BCUT2D eigenvalue weighted by atomic mass is 9.91. The number of likely N-dealkylation sites (N-methyl/N-ethyl adjacent to an activating group) is 1. The predicted octanol–water partition coefficient (Wildman–Crippen LogP) is 3.10. The largest absolute Gasteiger partial charge is 0.375 e. The third-order valence-corrected chi connectivity index (χ3v) is 6.66. The van der Waals surface area contributed by atoms with Gasteiger partial charge in [-0.2, -0.15) is 5.10 Å². The fraction of sp³-hybridized carbons (Fsp3) is 0.261. The maximum atomic E-state index is 12.5. The number of nitrogens with zero attached hydrogens (tertiary/aromatic N) is 6. The van der Waals surface area contributed by atoms with Gasteiger partial charge in [0.1, 0.15) is 10.7 Å². The highest BCUT2D eigenvalue weighted by Crippen LogP contribution is 2.36. The Balaban J connectivity index is 1.44. The van der Waals surface area contributed by atoms with Crippen LogP contribution in [0.5, 0.6) is 0 Å². The number of anilines is 2. The maximum Gasteiger partial charge on any atom is 0.258 e. The number of benzene rings is 1. The SMILES string of the molecule is Cc1cnc(Nc2ccn(C)n2)nc1-c1csc(-c2cccc([C@]3(O)CCN(C)C3=O)c2)n1. The molecule has 1 atom stereocenters. The normalized spacial score (nSPS) is 18.2. The first-order valence-electron chi connectivity index (χ1n) is 10.5. The first-order valence-corrected chi connectivity index (χ1v) is 11.4. The molecule has 3 aromatic heterocycles. The molecule has 4 aromatic rings. The Hall–Kier alpha value is -3.63. The molecule has 33 heavy (non-hydrogen) atoms. The van der Waals surface area contributed by atoms with E-state index in [1.54, 1.807) is 28.9 Å². The summed E-state index contributed by atoms with van der Waals surface area (Å²) in [5, 5.41) is 21.1. The predicted molar refractivity (Wildman–Crippen MR) is 126 cm³/mol. The van der Waals surface area contributed by atoms with Crippen molar-refractivity contribution in [1.29, 1.82) is 0 Å². The van der Waals surface area contributed by atoms with Crippen molar-refractivity contribution in [2.24, 2.45) is 7.05 Å². The van der Waals surface area contributed by atoms with Crippen LogP contribution in [0.25, 0.3) is 22.0 Å². The van der Waals surface area contributed by atoms with Gasteiger partial charge >= 0.3 is 0 Å². The quantitative estimate of drug-likeness (QED) is 0.470. The van der Waals surface area contributed by atoms with Crippen LogP contribution >= 0.6 is 11.3 Å². The molecular formula is C23H23N7O2S. The molecule has 0 saturated carbocycles. The summed E-state index contributed by atoms with van der Waals surface area (Å²) in [6.45, 7) is 2.47. The highest BCUT2D eigenvalue weighted by molar-refractivity contribution is 7.13. The van der Waals surface area contributed by atoms with Gasteiger partial charge in [0.25, 0.3) is 5.91 Å². The van der Waals surface area contributed by atoms with E-state index in [4.69, 9.17) is 4.98 Å². The van der Waals surface area contributed by atoms with E-state index < -0.39 is 5.60 Å². The molecule has 0 aliphatic carbocycles. The first-order chi connectivity index (χ1) is 15.8. The molecule has 0 spiro atoms. The van der Waals surface area contributed by atoms with Crippen LogP contribution in [0.3, 0.4) is 0 Å². The molecule has 0 radical (unpaired) electrons. The maximum absolute atomic E-state index is 12.5. The van der Waals surface area contributed by atoms with Crippen molar-refractivity contribution in [3.05, 3.63) is 59.2 Å². The van der Waals surface area contributed by atoms with Gasteiger partial charge in [0.05, 0.1) is 5.69 Å². The van der Waals surface area contributed by atoms with Gasteiger partial charge in [-0.1, -0.05) is 18.2 Å². The molecule has 1 amide bonds. The van der Waals surface area contributed by atoms with Gasteiger partial charge in [0.2, 0.25) is 5.95 Å². The number of amides is 1. The monoisotopic (exact) mass is 461 g/mol. The number of aryl methyl sites for hydroxylation is 2. The second kappa shape index (κ2) is 8.05. The fourth-order valence-corrected chi connectivity index (χ4v) is 4.71. The van der Waals surface area contributed by atoms with Crippen LogP contribution < -0.4 is 5.32 Å². The second-order valence-corrected chi connectivity index (χ2v) is 9.04. The summed E-state index contributed by atoms with van der Waals surface area (Å²) in [4.78, 5) is 27.9. The number of hydrogen-bond acceptors (Lipinski definition) is 8. The van der Waals surface area contributed by atoms with Crippen molar-refractivity contribution in [1.82, 2.24) is 29.6 Å². The minimum Gasteiger partial charge on any atom is -0.375 e. The highest BCUT2D eigenvalue weighted by atomic mass is 32.1. The van der Waals surface area contributed by atoms with E-state index in [0.717, 1.165) is 27.5 Å². The van der Waals surface area contributed by atoms with Gasteiger partial charge in [-0.3, -0.25) is 9.48 Å². The molecule has 1 aliphatic heterocycles. The van der Waals surface area contributed by atoms with Crippen molar-refractivity contribution in [2.75, 3.05) is 18.9 Å². The summed E-state index contributed by atoms with van der Waals surface area (Å²) in [7, 11) is 3.55. The molecular weight excluding hydrogens is 438 g/mol. The number of nitrogens with one attached hydrogen (secondary N) is 1. The molecule has 0 bridgehead atoms. The lowest BCUT2D eigenvalue weighted by Gasteiger charge is -2.21. The number of aliphatic hydroxyl groups is 1. The molecule has 1 fully saturated rings. The first kappa shape index (κ1) is 21.2. The average molecular weight is 462 g/mol. The van der Waals surface area contributed by atoms with Gasteiger partial charge in [-0.15, -0.1) is 11.3 Å². The van der Waals surface area contributed by atoms with Crippen molar-refractivity contribution in [2.45, 2.75) is 18.9 Å². The molecule has 10 heteroatoms. The number of likely N-dealkylation sites (tertiary alicyclic amines) is 1. The minimum absolute atomic E-state index is 0.274. The van der Waals surface area contributed by atoms with Crippen molar-refractivity contribution >= 4 is 29.0 Å². The van der Waals surface area contributed by atoms with Crippen LogP contribution in [-0.2, 0) is 17.4 Å². The number of hydrogen-bond donors (Lipinski definition) is 2. The van der Waals surface area contributed by atoms with E-state index >= 15 is 0 Å². The highest BCUT2D eigenvalue weighted by Gasteiger charge is 2.45. The van der Waals surface area contributed by atoms with E-state index in [1.807, 2.05) is 49.8 Å². The smallest absolute Gasteiger partial charge is 0.258 e. The van der Waals surface area contributed by atoms with Crippen molar-refractivity contribution < 1.29 is 9.90 Å². The number of carbonyl (C=O) groups excluding carboxylic acids is 1. The van der Waals surface area contributed by atoms with E-state index in [0.29, 0.717) is 30.3 Å².